The summed E-state index contributed by atoms with van der Waals surface area (Å²) in [6.07, 6.45) is -4.76. The Kier molecular flexibility index (Phi) is 6.04. The van der Waals surface area contributed by atoms with Crippen LogP contribution in [0.25, 0.3) is 0 Å². The van der Waals surface area contributed by atoms with Crippen molar-refractivity contribution in [2.75, 3.05) is 5.32 Å². The van der Waals surface area contributed by atoms with Crippen molar-refractivity contribution in [2.24, 2.45) is 0 Å². The Labute approximate surface area is 153 Å². The van der Waals surface area contributed by atoms with E-state index in [0.717, 1.165) is 0 Å². The van der Waals surface area contributed by atoms with Gasteiger partial charge in [-0.15, -0.1) is 13.2 Å². The van der Waals surface area contributed by atoms with Gasteiger partial charge in [0.05, 0.1) is 6.04 Å². The molecule has 1 atom stereocenters. The maximum Gasteiger partial charge on any atom is 0.573 e. The van der Waals surface area contributed by atoms with E-state index < -0.39 is 18.3 Å². The molecule has 1 heterocycles. The van der Waals surface area contributed by atoms with Crippen molar-refractivity contribution in [3.63, 3.8) is 0 Å². The van der Waals surface area contributed by atoms with Crippen LogP contribution in [0, 0.1) is 6.92 Å². The van der Waals surface area contributed by atoms with E-state index in [0.29, 0.717) is 16.8 Å². The molecule has 0 unspecified atom stereocenters. The minimum Gasteiger partial charge on any atom is -0.406 e. The van der Waals surface area contributed by atoms with Crippen LogP contribution in [0.4, 0.5) is 19.0 Å². The first kappa shape index (κ1) is 20.2. The first-order chi connectivity index (χ1) is 12.5. The fourth-order valence-corrected chi connectivity index (χ4v) is 2.37. The van der Waals surface area contributed by atoms with E-state index in [1.54, 1.807) is 19.9 Å². The molecule has 144 valence electrons. The topological polar surface area (TPSA) is 80.3 Å². The van der Waals surface area contributed by atoms with Crippen LogP contribution in [0.3, 0.4) is 0 Å². The fraction of sp³-hybridized carbons (Fsp3) is 0.278. The van der Waals surface area contributed by atoms with Crippen molar-refractivity contribution in [3.8, 4) is 5.75 Å². The number of rotatable bonds is 5. The SMILES string of the molecule is CC(=O)Nc1cc(C(=O)N[C@H](C)c2ccc(OC(F)(F)F)cc2)cc(C)n1. The number of halogens is 3. The zero-order valence-corrected chi connectivity index (χ0v) is 14.8. The molecule has 0 aliphatic carbocycles. The molecule has 0 saturated heterocycles. The highest BCUT2D eigenvalue weighted by Crippen LogP contribution is 2.24. The van der Waals surface area contributed by atoms with Gasteiger partial charge in [-0.05, 0) is 43.7 Å². The van der Waals surface area contributed by atoms with Crippen LogP contribution in [-0.2, 0) is 4.79 Å². The van der Waals surface area contributed by atoms with Crippen LogP contribution < -0.4 is 15.4 Å². The summed E-state index contributed by atoms with van der Waals surface area (Å²) in [5, 5.41) is 5.26. The standard InChI is InChI=1S/C18H18F3N3O3/c1-10-8-14(9-16(22-10)24-12(3)25)17(26)23-11(2)13-4-6-15(7-5-13)27-18(19,20)21/h4-9,11H,1-3H3,(H,23,26)(H,22,24,25)/t11-/m1/s1. The summed E-state index contributed by atoms with van der Waals surface area (Å²) in [6.45, 7) is 4.71. The number of benzene rings is 1. The second-order valence-corrected chi connectivity index (χ2v) is 5.88. The van der Waals surface area contributed by atoms with Gasteiger partial charge in [0.15, 0.2) is 0 Å². The molecule has 0 aliphatic rings. The summed E-state index contributed by atoms with van der Waals surface area (Å²) < 4.78 is 40.4. The Bertz CT molecular complexity index is 836. The van der Waals surface area contributed by atoms with Crippen molar-refractivity contribution in [1.82, 2.24) is 10.3 Å². The van der Waals surface area contributed by atoms with Crippen LogP contribution in [0.15, 0.2) is 36.4 Å². The number of aromatic nitrogens is 1. The summed E-state index contributed by atoms with van der Waals surface area (Å²) in [5.74, 6) is -0.798. The number of pyridine rings is 1. The molecular formula is C18H18F3N3O3. The Morgan fingerprint density at radius 2 is 1.78 bits per heavy atom. The van der Waals surface area contributed by atoms with Gasteiger partial charge in [-0.1, -0.05) is 12.1 Å². The number of carbonyl (C=O) groups is 2. The van der Waals surface area contributed by atoms with Gasteiger partial charge in [0.2, 0.25) is 5.91 Å². The average Bonchev–Trinajstić information content (AvgIpc) is 2.52. The van der Waals surface area contributed by atoms with Crippen LogP contribution in [-0.4, -0.2) is 23.2 Å². The van der Waals surface area contributed by atoms with Crippen molar-refractivity contribution in [3.05, 3.63) is 53.2 Å². The largest absolute Gasteiger partial charge is 0.573 e. The summed E-state index contributed by atoms with van der Waals surface area (Å²) in [7, 11) is 0. The molecular weight excluding hydrogens is 363 g/mol. The number of amides is 2. The molecule has 0 aliphatic heterocycles. The van der Waals surface area contributed by atoms with E-state index in [-0.39, 0.29) is 17.5 Å². The van der Waals surface area contributed by atoms with Gasteiger partial charge in [-0.3, -0.25) is 9.59 Å². The first-order valence-corrected chi connectivity index (χ1v) is 7.96. The highest BCUT2D eigenvalue weighted by Gasteiger charge is 2.31. The maximum atomic E-state index is 12.4. The highest BCUT2D eigenvalue weighted by molar-refractivity contribution is 5.96. The van der Waals surface area contributed by atoms with E-state index in [1.807, 2.05) is 0 Å². The average molecular weight is 381 g/mol. The van der Waals surface area contributed by atoms with Crippen molar-refractivity contribution >= 4 is 17.6 Å². The molecule has 9 heteroatoms. The maximum absolute atomic E-state index is 12.4. The number of hydrogen-bond acceptors (Lipinski definition) is 4. The number of nitrogens with zero attached hydrogens (tertiary/aromatic N) is 1. The number of aryl methyl sites for hydroxylation is 1. The van der Waals surface area contributed by atoms with Gasteiger partial charge >= 0.3 is 6.36 Å². The molecule has 2 N–H and O–H groups in total. The number of anilines is 1. The summed E-state index contributed by atoms with van der Waals surface area (Å²) in [6, 6.07) is 7.77. The molecule has 0 bridgehead atoms. The predicted octanol–water partition coefficient (Wildman–Crippen LogP) is 3.74. The first-order valence-electron chi connectivity index (χ1n) is 7.96. The molecule has 0 spiro atoms. The minimum atomic E-state index is -4.76. The van der Waals surface area contributed by atoms with Crippen LogP contribution in [0.1, 0.15) is 41.5 Å². The van der Waals surface area contributed by atoms with Gasteiger partial charge in [0, 0.05) is 18.2 Å². The summed E-state index contributed by atoms with van der Waals surface area (Å²) in [5.41, 5.74) is 1.45. The summed E-state index contributed by atoms with van der Waals surface area (Å²) >= 11 is 0. The lowest BCUT2D eigenvalue weighted by atomic mass is 10.1. The Morgan fingerprint density at radius 3 is 2.33 bits per heavy atom. The molecule has 2 aromatic rings. The van der Waals surface area contributed by atoms with E-state index in [4.69, 9.17) is 0 Å². The normalized spacial score (nSPS) is 12.2. The van der Waals surface area contributed by atoms with Crippen molar-refractivity contribution in [2.45, 2.75) is 33.2 Å². The Balaban J connectivity index is 2.09. The lowest BCUT2D eigenvalue weighted by Crippen LogP contribution is -2.27. The minimum absolute atomic E-state index is 0.258. The second-order valence-electron chi connectivity index (χ2n) is 5.88. The molecule has 1 aromatic heterocycles. The monoisotopic (exact) mass is 381 g/mol. The smallest absolute Gasteiger partial charge is 0.406 e. The fourth-order valence-electron chi connectivity index (χ4n) is 2.37. The van der Waals surface area contributed by atoms with Gasteiger partial charge in [0.25, 0.3) is 5.91 Å². The molecule has 0 radical (unpaired) electrons. The lowest BCUT2D eigenvalue weighted by Gasteiger charge is -2.16. The number of hydrogen-bond donors (Lipinski definition) is 2. The van der Waals surface area contributed by atoms with E-state index >= 15 is 0 Å². The third-order valence-electron chi connectivity index (χ3n) is 3.48. The molecule has 27 heavy (non-hydrogen) atoms. The van der Waals surface area contributed by atoms with Gasteiger partial charge in [-0.2, -0.15) is 0 Å². The van der Waals surface area contributed by atoms with Crippen LogP contribution in [0.5, 0.6) is 5.75 Å². The second kappa shape index (κ2) is 8.07. The predicted molar refractivity (Wildman–Crippen MR) is 92.3 cm³/mol. The third kappa shape index (κ3) is 6.28. The van der Waals surface area contributed by atoms with Gasteiger partial charge < -0.3 is 15.4 Å². The number of carbonyl (C=O) groups excluding carboxylic acids is 2. The van der Waals surface area contributed by atoms with E-state index in [9.17, 15) is 22.8 Å². The Hall–Kier alpha value is -3.10. The zero-order valence-electron chi connectivity index (χ0n) is 14.8. The molecule has 2 amide bonds. The quantitative estimate of drug-likeness (QED) is 0.827. The number of ether oxygens (including phenoxy) is 1. The molecule has 0 fully saturated rings. The molecule has 6 nitrogen and oxygen atoms in total. The molecule has 0 saturated carbocycles. The number of nitrogens with one attached hydrogen (secondary N) is 2. The van der Waals surface area contributed by atoms with E-state index in [2.05, 4.69) is 20.4 Å². The van der Waals surface area contributed by atoms with E-state index in [1.165, 1.54) is 37.3 Å². The lowest BCUT2D eigenvalue weighted by molar-refractivity contribution is -0.274. The number of alkyl halides is 3. The molecule has 2 rings (SSSR count). The Morgan fingerprint density at radius 1 is 1.15 bits per heavy atom. The zero-order chi connectivity index (χ0) is 20.2. The van der Waals surface area contributed by atoms with Gasteiger partial charge in [-0.25, -0.2) is 4.98 Å². The third-order valence-corrected chi connectivity index (χ3v) is 3.48. The van der Waals surface area contributed by atoms with Crippen LogP contribution in [0.2, 0.25) is 0 Å². The highest BCUT2D eigenvalue weighted by atomic mass is 19.4. The van der Waals surface area contributed by atoms with Crippen molar-refractivity contribution < 1.29 is 27.5 Å². The van der Waals surface area contributed by atoms with Crippen LogP contribution >= 0.6 is 0 Å². The molecule has 1 aromatic carbocycles. The summed E-state index contributed by atoms with van der Waals surface area (Å²) in [4.78, 5) is 27.7. The van der Waals surface area contributed by atoms with Gasteiger partial charge in [0.1, 0.15) is 11.6 Å². The van der Waals surface area contributed by atoms with Crippen molar-refractivity contribution in [1.29, 1.82) is 0 Å².